The molecule has 1 aliphatic heterocycles. The Morgan fingerprint density at radius 1 is 1.42 bits per heavy atom. The Kier molecular flexibility index (Phi) is 4.44. The monoisotopic (exact) mass is 292 g/mol. The summed E-state index contributed by atoms with van der Waals surface area (Å²) in [6.45, 7) is 3.22. The minimum atomic E-state index is -3.05. The molecule has 0 aromatic heterocycles. The van der Waals surface area contributed by atoms with Crippen LogP contribution in [0.4, 0.5) is 4.79 Å². The zero-order valence-corrected chi connectivity index (χ0v) is 12.2. The molecule has 1 unspecified atom stereocenters. The third-order valence-corrected chi connectivity index (χ3v) is 4.87. The van der Waals surface area contributed by atoms with Crippen molar-refractivity contribution in [2.45, 2.75) is 38.3 Å². The molecule has 1 aliphatic rings. The molecule has 1 heterocycles. The molecule has 0 saturated carbocycles. The first-order valence-corrected chi connectivity index (χ1v) is 7.82. The van der Waals surface area contributed by atoms with E-state index in [-0.39, 0.29) is 24.0 Å². The largest absolute Gasteiger partial charge is 0.481 e. The summed E-state index contributed by atoms with van der Waals surface area (Å²) in [6.07, 6.45) is 0.223. The molecule has 1 rings (SSSR count). The number of nitrogens with zero attached hydrogens (tertiary/aromatic N) is 1. The van der Waals surface area contributed by atoms with Gasteiger partial charge in [0.05, 0.1) is 17.9 Å². The molecule has 0 aliphatic carbocycles. The topological polar surface area (TPSA) is 104 Å². The summed E-state index contributed by atoms with van der Waals surface area (Å²) < 4.78 is 22.7. The molecular weight excluding hydrogens is 272 g/mol. The third kappa shape index (κ3) is 4.70. The van der Waals surface area contributed by atoms with E-state index in [1.54, 1.807) is 13.8 Å². The number of rotatable bonds is 4. The average molecular weight is 292 g/mol. The predicted octanol–water partition coefficient (Wildman–Crippen LogP) is 0.0682. The molecule has 0 aromatic carbocycles. The molecular formula is C11H20N2O5S. The fraction of sp³-hybridized carbons (Fsp3) is 0.818. The maximum atomic E-state index is 12.0. The van der Waals surface area contributed by atoms with E-state index >= 15 is 0 Å². The van der Waals surface area contributed by atoms with Crippen LogP contribution in [0.25, 0.3) is 0 Å². The quantitative estimate of drug-likeness (QED) is 0.763. The van der Waals surface area contributed by atoms with Crippen molar-refractivity contribution in [3.8, 4) is 0 Å². The summed E-state index contributed by atoms with van der Waals surface area (Å²) in [5, 5.41) is 11.3. The third-order valence-electron chi connectivity index (χ3n) is 3.11. The van der Waals surface area contributed by atoms with E-state index in [2.05, 4.69) is 5.32 Å². The predicted molar refractivity (Wildman–Crippen MR) is 69.7 cm³/mol. The molecule has 2 N–H and O–H groups in total. The fourth-order valence-corrected chi connectivity index (χ4v) is 3.82. The minimum absolute atomic E-state index is 0.0315. The zero-order chi connectivity index (χ0) is 14.8. The summed E-state index contributed by atoms with van der Waals surface area (Å²) in [4.78, 5) is 24.0. The second-order valence-electron chi connectivity index (χ2n) is 5.55. The molecule has 0 spiro atoms. The number of carbonyl (C=O) groups excluding carboxylic acids is 1. The van der Waals surface area contributed by atoms with Crippen molar-refractivity contribution in [2.75, 3.05) is 18.6 Å². The molecule has 110 valence electrons. The van der Waals surface area contributed by atoms with Gasteiger partial charge in [0, 0.05) is 18.6 Å². The molecule has 0 aromatic rings. The first kappa shape index (κ1) is 15.7. The van der Waals surface area contributed by atoms with Crippen LogP contribution in [0, 0.1) is 0 Å². The Labute approximate surface area is 112 Å². The molecule has 0 radical (unpaired) electrons. The number of urea groups is 1. The molecule has 1 atom stereocenters. The number of carboxylic acid groups (broad SMARTS) is 1. The summed E-state index contributed by atoms with van der Waals surface area (Å²) in [5.74, 6) is -0.944. The Morgan fingerprint density at radius 3 is 2.42 bits per heavy atom. The minimum Gasteiger partial charge on any atom is -0.481 e. The molecule has 1 saturated heterocycles. The lowest BCUT2D eigenvalue weighted by atomic mass is 10.0. The van der Waals surface area contributed by atoms with Crippen LogP contribution < -0.4 is 5.32 Å². The Bertz CT molecular complexity index is 471. The van der Waals surface area contributed by atoms with Gasteiger partial charge in [-0.15, -0.1) is 0 Å². The first-order chi connectivity index (χ1) is 8.52. The van der Waals surface area contributed by atoms with Gasteiger partial charge in [0.2, 0.25) is 0 Å². The number of hydrogen-bond donors (Lipinski definition) is 2. The number of hydrogen-bond acceptors (Lipinski definition) is 4. The highest BCUT2D eigenvalue weighted by Crippen LogP contribution is 2.17. The highest BCUT2D eigenvalue weighted by atomic mass is 32.2. The molecule has 2 amide bonds. The van der Waals surface area contributed by atoms with Gasteiger partial charge in [-0.3, -0.25) is 4.79 Å². The van der Waals surface area contributed by atoms with E-state index < -0.39 is 27.4 Å². The van der Waals surface area contributed by atoms with Gasteiger partial charge in [0.25, 0.3) is 0 Å². The van der Waals surface area contributed by atoms with Crippen LogP contribution in [0.5, 0.6) is 0 Å². The molecule has 0 bridgehead atoms. The number of amides is 2. The fourth-order valence-electron chi connectivity index (χ4n) is 2.05. The molecule has 1 fully saturated rings. The Morgan fingerprint density at radius 2 is 2.00 bits per heavy atom. The van der Waals surface area contributed by atoms with Gasteiger partial charge >= 0.3 is 12.0 Å². The summed E-state index contributed by atoms with van der Waals surface area (Å²) in [7, 11) is -1.53. The maximum absolute atomic E-state index is 12.0. The number of carbonyl (C=O) groups is 2. The van der Waals surface area contributed by atoms with Crippen molar-refractivity contribution in [2.24, 2.45) is 0 Å². The highest BCUT2D eigenvalue weighted by Gasteiger charge is 2.34. The normalized spacial score (nSPS) is 21.9. The van der Waals surface area contributed by atoms with Gasteiger partial charge in [-0.25, -0.2) is 13.2 Å². The molecule has 8 heteroatoms. The first-order valence-electron chi connectivity index (χ1n) is 6.00. The van der Waals surface area contributed by atoms with Gasteiger partial charge in [0.1, 0.15) is 0 Å². The van der Waals surface area contributed by atoms with E-state index in [0.717, 1.165) is 0 Å². The van der Waals surface area contributed by atoms with Gasteiger partial charge in [-0.1, -0.05) is 0 Å². The average Bonchev–Trinajstić information content (AvgIpc) is 2.54. The van der Waals surface area contributed by atoms with Gasteiger partial charge in [-0.05, 0) is 20.3 Å². The molecule has 7 nitrogen and oxygen atoms in total. The van der Waals surface area contributed by atoms with E-state index in [4.69, 9.17) is 5.11 Å². The second kappa shape index (κ2) is 5.36. The Balaban J connectivity index is 2.61. The van der Waals surface area contributed by atoms with Crippen molar-refractivity contribution in [3.63, 3.8) is 0 Å². The van der Waals surface area contributed by atoms with Crippen LogP contribution in [0.3, 0.4) is 0 Å². The number of carboxylic acids is 1. The van der Waals surface area contributed by atoms with Gasteiger partial charge in [0.15, 0.2) is 9.84 Å². The van der Waals surface area contributed by atoms with Crippen molar-refractivity contribution in [1.82, 2.24) is 10.2 Å². The van der Waals surface area contributed by atoms with Crippen LogP contribution in [-0.4, -0.2) is 60.6 Å². The van der Waals surface area contributed by atoms with Gasteiger partial charge < -0.3 is 15.3 Å². The lowest BCUT2D eigenvalue weighted by molar-refractivity contribution is -0.138. The van der Waals surface area contributed by atoms with Crippen molar-refractivity contribution < 1.29 is 23.1 Å². The van der Waals surface area contributed by atoms with E-state index in [1.807, 2.05) is 0 Å². The van der Waals surface area contributed by atoms with Crippen molar-refractivity contribution >= 4 is 21.8 Å². The van der Waals surface area contributed by atoms with Crippen LogP contribution >= 0.6 is 0 Å². The number of aliphatic carboxylic acids is 1. The van der Waals surface area contributed by atoms with Crippen molar-refractivity contribution in [3.05, 3.63) is 0 Å². The van der Waals surface area contributed by atoms with Crippen LogP contribution in [0.2, 0.25) is 0 Å². The summed E-state index contributed by atoms with van der Waals surface area (Å²) >= 11 is 0. The number of nitrogens with one attached hydrogen (secondary N) is 1. The lowest BCUT2D eigenvalue weighted by Gasteiger charge is -2.30. The van der Waals surface area contributed by atoms with E-state index in [1.165, 1.54) is 11.9 Å². The number of sulfone groups is 1. The standard InChI is InChI=1S/C11H20N2O5S/c1-11(2,6-9(14)15)12-10(16)13(3)8-4-5-19(17,18)7-8/h8H,4-7H2,1-3H3,(H,12,16)(H,14,15). The highest BCUT2D eigenvalue weighted by molar-refractivity contribution is 7.91. The van der Waals surface area contributed by atoms with Crippen LogP contribution in [0.15, 0.2) is 0 Å². The molecule has 19 heavy (non-hydrogen) atoms. The van der Waals surface area contributed by atoms with E-state index in [0.29, 0.717) is 6.42 Å². The zero-order valence-electron chi connectivity index (χ0n) is 11.3. The lowest BCUT2D eigenvalue weighted by Crippen LogP contribution is -2.52. The van der Waals surface area contributed by atoms with E-state index in [9.17, 15) is 18.0 Å². The van der Waals surface area contributed by atoms with Gasteiger partial charge in [-0.2, -0.15) is 0 Å². The summed E-state index contributed by atoms with van der Waals surface area (Å²) in [5.41, 5.74) is -0.880. The maximum Gasteiger partial charge on any atom is 0.317 e. The van der Waals surface area contributed by atoms with Crippen LogP contribution in [0.1, 0.15) is 26.7 Å². The second-order valence-corrected chi connectivity index (χ2v) is 7.78. The Hall–Kier alpha value is -1.31. The summed E-state index contributed by atoms with van der Waals surface area (Å²) in [6, 6.07) is -0.793. The van der Waals surface area contributed by atoms with Crippen LogP contribution in [-0.2, 0) is 14.6 Å². The SMILES string of the molecule is CN(C(=O)NC(C)(C)CC(=O)O)C1CCS(=O)(=O)C1. The smallest absolute Gasteiger partial charge is 0.317 e. The van der Waals surface area contributed by atoms with Crippen molar-refractivity contribution in [1.29, 1.82) is 0 Å².